The van der Waals surface area contributed by atoms with Crippen molar-refractivity contribution in [3.63, 3.8) is 0 Å². The fraction of sp³-hybridized carbons (Fsp3) is 0.316. The second kappa shape index (κ2) is 10.4. The first-order valence-corrected chi connectivity index (χ1v) is 8.24. The molecule has 25 heavy (non-hydrogen) atoms. The molecule has 0 saturated heterocycles. The van der Waals surface area contributed by atoms with Crippen LogP contribution in [-0.4, -0.2) is 30.1 Å². The Morgan fingerprint density at radius 3 is 2.52 bits per heavy atom. The molecular weight excluding hydrogens is 361 g/mol. The van der Waals surface area contributed by atoms with E-state index < -0.39 is 6.10 Å². The minimum absolute atomic E-state index is 0. The van der Waals surface area contributed by atoms with Gasteiger partial charge in [0.25, 0.3) is 0 Å². The quantitative estimate of drug-likeness (QED) is 0.674. The number of hydrogen-bond donors (Lipinski definition) is 2. The van der Waals surface area contributed by atoms with E-state index in [0.29, 0.717) is 22.9 Å². The molecule has 0 heterocycles. The van der Waals surface area contributed by atoms with Crippen molar-refractivity contribution in [2.75, 3.05) is 13.2 Å². The summed E-state index contributed by atoms with van der Waals surface area (Å²) < 4.78 is 5.54. The molecule has 0 fully saturated rings. The number of halogens is 2. The largest absolute Gasteiger partial charge is 0.491 e. The summed E-state index contributed by atoms with van der Waals surface area (Å²) in [7, 11) is 0. The number of benzene rings is 2. The molecule has 0 radical (unpaired) electrons. The van der Waals surface area contributed by atoms with Crippen LogP contribution in [0.4, 0.5) is 0 Å². The highest BCUT2D eigenvalue weighted by Crippen LogP contribution is 2.17. The van der Waals surface area contributed by atoms with Crippen LogP contribution in [0, 0.1) is 0 Å². The Hall–Kier alpha value is -1.59. The first kappa shape index (κ1) is 21.5. The molecule has 6 heteroatoms. The first-order chi connectivity index (χ1) is 11.5. The van der Waals surface area contributed by atoms with Crippen molar-refractivity contribution in [3.05, 3.63) is 64.7 Å². The lowest BCUT2D eigenvalue weighted by Crippen LogP contribution is -2.33. The predicted octanol–water partition coefficient (Wildman–Crippen LogP) is 4.05. The van der Waals surface area contributed by atoms with E-state index in [2.05, 4.69) is 5.32 Å². The van der Waals surface area contributed by atoms with Crippen molar-refractivity contribution in [2.24, 2.45) is 0 Å². The molecule has 0 aliphatic carbocycles. The summed E-state index contributed by atoms with van der Waals surface area (Å²) in [5.74, 6) is 0.641. The van der Waals surface area contributed by atoms with Gasteiger partial charge in [-0.15, -0.1) is 12.4 Å². The van der Waals surface area contributed by atoms with Crippen molar-refractivity contribution in [2.45, 2.75) is 26.0 Å². The molecular formula is C19H23Cl2NO3. The molecule has 0 saturated carbocycles. The van der Waals surface area contributed by atoms with Crippen LogP contribution in [0.2, 0.25) is 5.02 Å². The van der Waals surface area contributed by atoms with E-state index in [1.54, 1.807) is 24.3 Å². The van der Waals surface area contributed by atoms with Crippen LogP contribution in [0.25, 0.3) is 0 Å². The molecule has 0 aromatic heterocycles. The maximum atomic E-state index is 11.2. The summed E-state index contributed by atoms with van der Waals surface area (Å²) in [6.45, 7) is 4.11. The highest BCUT2D eigenvalue weighted by Gasteiger charge is 2.10. The molecule has 2 unspecified atom stereocenters. The topological polar surface area (TPSA) is 58.6 Å². The van der Waals surface area contributed by atoms with Gasteiger partial charge in [-0.25, -0.2) is 0 Å². The smallest absolute Gasteiger partial charge is 0.159 e. The number of aliphatic hydroxyl groups is 1. The summed E-state index contributed by atoms with van der Waals surface area (Å²) in [5.41, 5.74) is 1.70. The van der Waals surface area contributed by atoms with E-state index in [4.69, 9.17) is 16.3 Å². The maximum absolute atomic E-state index is 11.2. The summed E-state index contributed by atoms with van der Waals surface area (Å²) in [6.07, 6.45) is -0.640. The van der Waals surface area contributed by atoms with Gasteiger partial charge in [-0.05, 0) is 55.8 Å². The second-order valence-electron chi connectivity index (χ2n) is 5.73. The van der Waals surface area contributed by atoms with Crippen LogP contribution in [0.3, 0.4) is 0 Å². The first-order valence-electron chi connectivity index (χ1n) is 7.86. The van der Waals surface area contributed by atoms with Gasteiger partial charge in [0.2, 0.25) is 0 Å². The molecule has 0 spiro atoms. The van der Waals surface area contributed by atoms with Gasteiger partial charge in [-0.3, -0.25) is 4.79 Å². The molecule has 2 aromatic carbocycles. The lowest BCUT2D eigenvalue weighted by atomic mass is 10.1. The summed E-state index contributed by atoms with van der Waals surface area (Å²) in [4.78, 5) is 11.2. The molecule has 2 rings (SSSR count). The Labute approximate surface area is 159 Å². The third-order valence-corrected chi connectivity index (χ3v) is 3.95. The van der Waals surface area contributed by atoms with Gasteiger partial charge in [0.1, 0.15) is 18.5 Å². The van der Waals surface area contributed by atoms with Crippen LogP contribution >= 0.6 is 24.0 Å². The molecule has 0 aliphatic rings. The van der Waals surface area contributed by atoms with Gasteiger partial charge in [0.05, 0.1) is 0 Å². The third-order valence-electron chi connectivity index (χ3n) is 3.71. The van der Waals surface area contributed by atoms with Crippen molar-refractivity contribution < 1.29 is 14.6 Å². The SMILES string of the molecule is CC(=O)c1ccc(OCC(O)CNC(C)c2cccc(Cl)c2)cc1.Cl. The predicted molar refractivity (Wildman–Crippen MR) is 103 cm³/mol. The lowest BCUT2D eigenvalue weighted by molar-refractivity contribution is 0.101. The van der Waals surface area contributed by atoms with E-state index in [1.807, 2.05) is 31.2 Å². The van der Waals surface area contributed by atoms with Crippen LogP contribution in [-0.2, 0) is 0 Å². The fourth-order valence-corrected chi connectivity index (χ4v) is 2.44. The average molecular weight is 384 g/mol. The van der Waals surface area contributed by atoms with Crippen LogP contribution in [0.5, 0.6) is 5.75 Å². The highest BCUT2D eigenvalue weighted by atomic mass is 35.5. The lowest BCUT2D eigenvalue weighted by Gasteiger charge is -2.18. The Kier molecular flexibility index (Phi) is 8.93. The summed E-state index contributed by atoms with van der Waals surface area (Å²) in [5, 5.41) is 14.0. The van der Waals surface area contributed by atoms with Gasteiger partial charge in [0, 0.05) is 23.2 Å². The molecule has 2 atom stereocenters. The van der Waals surface area contributed by atoms with Gasteiger partial charge in [-0.1, -0.05) is 23.7 Å². The number of rotatable bonds is 8. The molecule has 2 aromatic rings. The van der Waals surface area contributed by atoms with Crippen molar-refractivity contribution in [1.29, 1.82) is 0 Å². The monoisotopic (exact) mass is 383 g/mol. The van der Waals surface area contributed by atoms with E-state index in [1.165, 1.54) is 6.92 Å². The number of ketones is 1. The number of Topliss-reactive ketones (excluding diaryl/α,β-unsaturated/α-hetero) is 1. The molecule has 136 valence electrons. The van der Waals surface area contributed by atoms with Gasteiger partial charge in [0.15, 0.2) is 5.78 Å². The number of carbonyl (C=O) groups excluding carboxylic acids is 1. The Morgan fingerprint density at radius 1 is 1.24 bits per heavy atom. The average Bonchev–Trinajstić information content (AvgIpc) is 2.58. The molecule has 2 N–H and O–H groups in total. The number of ether oxygens (including phenoxy) is 1. The zero-order chi connectivity index (χ0) is 17.5. The molecule has 0 aliphatic heterocycles. The minimum Gasteiger partial charge on any atom is -0.491 e. The van der Waals surface area contributed by atoms with Crippen LogP contribution in [0.1, 0.15) is 35.8 Å². The van der Waals surface area contributed by atoms with Crippen LogP contribution in [0.15, 0.2) is 48.5 Å². The van der Waals surface area contributed by atoms with Crippen molar-refractivity contribution >= 4 is 29.8 Å². The normalized spacial score (nSPS) is 12.8. The highest BCUT2D eigenvalue weighted by molar-refractivity contribution is 6.30. The summed E-state index contributed by atoms with van der Waals surface area (Å²) in [6, 6.07) is 14.6. The van der Waals surface area contributed by atoms with Crippen molar-refractivity contribution in [3.8, 4) is 5.75 Å². The standard InChI is InChI=1S/C19H22ClNO3.ClH/c1-13(16-4-3-5-17(20)10-16)21-11-18(23)12-24-19-8-6-15(7-9-19)14(2)22;/h3-10,13,18,21,23H,11-12H2,1-2H3;1H. The van der Waals surface area contributed by atoms with E-state index >= 15 is 0 Å². The second-order valence-corrected chi connectivity index (χ2v) is 6.17. The molecule has 0 amide bonds. The van der Waals surface area contributed by atoms with Crippen LogP contribution < -0.4 is 10.1 Å². The van der Waals surface area contributed by atoms with E-state index in [9.17, 15) is 9.90 Å². The number of hydrogen-bond acceptors (Lipinski definition) is 4. The minimum atomic E-state index is -0.640. The van der Waals surface area contributed by atoms with E-state index in [0.717, 1.165) is 5.56 Å². The Bertz CT molecular complexity index is 677. The maximum Gasteiger partial charge on any atom is 0.159 e. The van der Waals surface area contributed by atoms with Gasteiger partial charge >= 0.3 is 0 Å². The van der Waals surface area contributed by atoms with Crippen molar-refractivity contribution in [1.82, 2.24) is 5.32 Å². The fourth-order valence-electron chi connectivity index (χ4n) is 2.24. The molecule has 0 bridgehead atoms. The molecule has 4 nitrogen and oxygen atoms in total. The number of aliphatic hydroxyl groups excluding tert-OH is 1. The zero-order valence-corrected chi connectivity index (χ0v) is 15.8. The zero-order valence-electron chi connectivity index (χ0n) is 14.2. The van der Waals surface area contributed by atoms with Gasteiger partial charge in [-0.2, -0.15) is 0 Å². The number of carbonyl (C=O) groups is 1. The number of nitrogens with one attached hydrogen (secondary N) is 1. The summed E-state index contributed by atoms with van der Waals surface area (Å²) >= 11 is 5.98. The van der Waals surface area contributed by atoms with E-state index in [-0.39, 0.29) is 30.8 Å². The third kappa shape index (κ3) is 7.04. The Morgan fingerprint density at radius 2 is 1.92 bits per heavy atom. The Balaban J connectivity index is 0.00000312. The van der Waals surface area contributed by atoms with Gasteiger partial charge < -0.3 is 15.2 Å².